The Labute approximate surface area is 247 Å². The first-order chi connectivity index (χ1) is 20.0. The van der Waals surface area contributed by atoms with E-state index in [1.807, 2.05) is 11.6 Å². The van der Waals surface area contributed by atoms with Gasteiger partial charge in [0.25, 0.3) is 27.7 Å². The number of halogens is 1. The zero-order valence-corrected chi connectivity index (χ0v) is 24.4. The number of hydrogen-bond acceptors (Lipinski definition) is 9. The Bertz CT molecular complexity index is 1550. The van der Waals surface area contributed by atoms with E-state index in [0.29, 0.717) is 29.2 Å². The average Bonchev–Trinajstić information content (AvgIpc) is 2.98. The SMILES string of the molecule is CCCOC(=O)CNC(=O)c1ccc(C(=O)NS(=O)(=O)c2ccc(CCNC(=O)c3cc(Cl)ccc3OC)cc2)cn1. The predicted octanol–water partition coefficient (Wildman–Crippen LogP) is 2.52. The maximum Gasteiger partial charge on any atom is 0.325 e. The lowest BCUT2D eigenvalue weighted by Gasteiger charge is -2.10. The van der Waals surface area contributed by atoms with E-state index in [9.17, 15) is 27.6 Å². The average molecular weight is 617 g/mol. The van der Waals surface area contributed by atoms with Gasteiger partial charge in [-0.3, -0.25) is 24.2 Å². The Hall–Kier alpha value is -4.49. The fourth-order valence-electron chi connectivity index (χ4n) is 3.52. The lowest BCUT2D eigenvalue weighted by atomic mass is 10.1. The van der Waals surface area contributed by atoms with E-state index < -0.39 is 27.8 Å². The highest BCUT2D eigenvalue weighted by Crippen LogP contribution is 2.22. The summed E-state index contributed by atoms with van der Waals surface area (Å²) in [5.74, 6) is -2.19. The maximum atomic E-state index is 12.7. The second kappa shape index (κ2) is 14.9. The van der Waals surface area contributed by atoms with Gasteiger partial charge in [-0.1, -0.05) is 30.7 Å². The van der Waals surface area contributed by atoms with Gasteiger partial charge in [-0.25, -0.2) is 13.1 Å². The molecule has 0 aliphatic carbocycles. The van der Waals surface area contributed by atoms with Gasteiger partial charge in [0.1, 0.15) is 18.0 Å². The van der Waals surface area contributed by atoms with Crippen molar-refractivity contribution in [2.75, 3.05) is 26.8 Å². The number of amides is 3. The van der Waals surface area contributed by atoms with E-state index in [-0.39, 0.29) is 41.8 Å². The molecule has 1 heterocycles. The number of pyridine rings is 1. The van der Waals surface area contributed by atoms with Crippen molar-refractivity contribution in [3.63, 3.8) is 0 Å². The van der Waals surface area contributed by atoms with E-state index in [1.165, 1.54) is 37.4 Å². The van der Waals surface area contributed by atoms with Crippen LogP contribution in [0.1, 0.15) is 50.1 Å². The van der Waals surface area contributed by atoms with Crippen molar-refractivity contribution in [3.8, 4) is 5.75 Å². The summed E-state index contributed by atoms with van der Waals surface area (Å²) >= 11 is 5.97. The first kappa shape index (κ1) is 32.0. The molecule has 0 saturated carbocycles. The van der Waals surface area contributed by atoms with E-state index in [2.05, 4.69) is 15.6 Å². The number of ether oxygens (including phenoxy) is 2. The number of hydrogen-bond donors (Lipinski definition) is 3. The maximum absolute atomic E-state index is 12.7. The molecule has 2 aromatic carbocycles. The quantitative estimate of drug-likeness (QED) is 0.244. The largest absolute Gasteiger partial charge is 0.496 e. The van der Waals surface area contributed by atoms with Crippen LogP contribution in [-0.4, -0.2) is 63.9 Å². The predicted molar refractivity (Wildman–Crippen MR) is 153 cm³/mol. The first-order valence-electron chi connectivity index (χ1n) is 12.7. The first-order valence-corrected chi connectivity index (χ1v) is 14.6. The molecule has 0 aliphatic heterocycles. The van der Waals surface area contributed by atoms with Gasteiger partial charge >= 0.3 is 5.97 Å². The molecule has 3 aromatic rings. The summed E-state index contributed by atoms with van der Waals surface area (Å²) in [6.07, 6.45) is 2.11. The minimum absolute atomic E-state index is 0.0730. The highest BCUT2D eigenvalue weighted by molar-refractivity contribution is 7.90. The van der Waals surface area contributed by atoms with Crippen molar-refractivity contribution in [1.82, 2.24) is 20.3 Å². The Morgan fingerprint density at radius 3 is 2.31 bits per heavy atom. The van der Waals surface area contributed by atoms with E-state index in [0.717, 1.165) is 11.8 Å². The third-order valence-electron chi connectivity index (χ3n) is 5.68. The van der Waals surface area contributed by atoms with Crippen molar-refractivity contribution >= 4 is 45.3 Å². The van der Waals surface area contributed by atoms with Gasteiger partial charge in [0, 0.05) is 17.8 Å². The zero-order chi connectivity index (χ0) is 30.7. The Morgan fingerprint density at radius 2 is 1.67 bits per heavy atom. The van der Waals surface area contributed by atoms with Crippen LogP contribution < -0.4 is 20.1 Å². The monoisotopic (exact) mass is 616 g/mol. The fraction of sp³-hybridized carbons (Fsp3) is 0.250. The Kier molecular flexibility index (Phi) is 11.4. The molecule has 42 heavy (non-hydrogen) atoms. The zero-order valence-electron chi connectivity index (χ0n) is 22.8. The lowest BCUT2D eigenvalue weighted by molar-refractivity contribution is -0.142. The summed E-state index contributed by atoms with van der Waals surface area (Å²) in [6, 6.07) is 13.0. The molecule has 0 saturated heterocycles. The molecule has 0 bridgehead atoms. The van der Waals surface area contributed by atoms with Gasteiger partial charge in [0.05, 0.1) is 29.7 Å². The summed E-state index contributed by atoms with van der Waals surface area (Å²) in [4.78, 5) is 52.4. The van der Waals surface area contributed by atoms with Crippen LogP contribution in [0.3, 0.4) is 0 Å². The number of aromatic nitrogens is 1. The van der Waals surface area contributed by atoms with Crippen LogP contribution in [0.15, 0.2) is 65.7 Å². The van der Waals surface area contributed by atoms with E-state index in [4.69, 9.17) is 21.1 Å². The van der Waals surface area contributed by atoms with Gasteiger partial charge < -0.3 is 20.1 Å². The number of nitrogens with zero attached hydrogens (tertiary/aromatic N) is 1. The second-order valence-corrected chi connectivity index (χ2v) is 10.9. The summed E-state index contributed by atoms with van der Waals surface area (Å²) in [5.41, 5.74) is 0.868. The molecule has 0 aliphatic rings. The van der Waals surface area contributed by atoms with Crippen LogP contribution in [0.5, 0.6) is 5.75 Å². The van der Waals surface area contributed by atoms with Crippen molar-refractivity contribution in [2.45, 2.75) is 24.7 Å². The topological polar surface area (TPSA) is 170 Å². The summed E-state index contributed by atoms with van der Waals surface area (Å²) in [5, 5.41) is 5.51. The molecule has 222 valence electrons. The van der Waals surface area contributed by atoms with Crippen LogP contribution in [0, 0.1) is 0 Å². The number of rotatable bonds is 13. The third kappa shape index (κ3) is 9.01. The molecule has 3 N–H and O–H groups in total. The van der Waals surface area contributed by atoms with E-state index >= 15 is 0 Å². The smallest absolute Gasteiger partial charge is 0.325 e. The van der Waals surface area contributed by atoms with Crippen molar-refractivity contribution in [3.05, 3.63) is 88.2 Å². The molecule has 3 amide bonds. The number of carbonyl (C=O) groups is 4. The van der Waals surface area contributed by atoms with Gasteiger partial charge in [-0.2, -0.15) is 0 Å². The minimum Gasteiger partial charge on any atom is -0.496 e. The summed E-state index contributed by atoms with van der Waals surface area (Å²) in [6.45, 7) is 2.00. The molecule has 0 spiro atoms. The van der Waals surface area contributed by atoms with Gasteiger partial charge in [0.2, 0.25) is 0 Å². The number of nitrogens with one attached hydrogen (secondary N) is 3. The molecule has 0 radical (unpaired) electrons. The third-order valence-corrected chi connectivity index (χ3v) is 7.27. The van der Waals surface area contributed by atoms with Gasteiger partial charge in [0.15, 0.2) is 0 Å². The van der Waals surface area contributed by atoms with Crippen LogP contribution in [0.2, 0.25) is 5.02 Å². The second-order valence-electron chi connectivity index (χ2n) is 8.76. The molecular formula is C28H29ClN4O8S. The molecule has 12 nitrogen and oxygen atoms in total. The number of methoxy groups -OCH3 is 1. The molecule has 0 unspecified atom stereocenters. The number of carbonyl (C=O) groups excluding carboxylic acids is 4. The standard InChI is InChI=1S/C28H29ClN4O8S/c1-3-14-41-25(34)17-32-28(37)23-10-6-19(16-31-23)26(35)33-42(38,39)21-8-4-18(5-9-21)12-13-30-27(36)22-15-20(29)7-11-24(22)40-2/h4-11,15-16H,3,12-14,17H2,1-2H3,(H,30,36)(H,32,37)(H,33,35). The summed E-state index contributed by atoms with van der Waals surface area (Å²) < 4.78 is 37.5. The number of benzene rings is 2. The van der Waals surface area contributed by atoms with Crippen LogP contribution in [0.25, 0.3) is 0 Å². The van der Waals surface area contributed by atoms with E-state index in [1.54, 1.807) is 24.3 Å². The van der Waals surface area contributed by atoms with Crippen molar-refractivity contribution < 1.29 is 37.1 Å². The molecule has 14 heteroatoms. The fourth-order valence-corrected chi connectivity index (χ4v) is 4.67. The molecule has 1 aromatic heterocycles. The highest BCUT2D eigenvalue weighted by atomic mass is 35.5. The van der Waals surface area contributed by atoms with Crippen LogP contribution in [0.4, 0.5) is 0 Å². The van der Waals surface area contributed by atoms with Gasteiger partial charge in [-0.05, 0) is 60.9 Å². The summed E-state index contributed by atoms with van der Waals surface area (Å²) in [7, 11) is -2.76. The van der Waals surface area contributed by atoms with Crippen molar-refractivity contribution in [2.24, 2.45) is 0 Å². The molecule has 0 atom stereocenters. The lowest BCUT2D eigenvalue weighted by Crippen LogP contribution is -2.32. The number of sulfonamides is 1. The highest BCUT2D eigenvalue weighted by Gasteiger charge is 2.20. The van der Waals surface area contributed by atoms with Crippen LogP contribution >= 0.6 is 11.6 Å². The molecular weight excluding hydrogens is 588 g/mol. The normalized spacial score (nSPS) is 10.8. The van der Waals surface area contributed by atoms with Gasteiger partial charge in [-0.15, -0.1) is 0 Å². The van der Waals surface area contributed by atoms with Crippen molar-refractivity contribution in [1.29, 1.82) is 0 Å². The Balaban J connectivity index is 1.52. The molecule has 3 rings (SSSR count). The van der Waals surface area contributed by atoms with Crippen LogP contribution in [-0.2, 0) is 26.0 Å². The molecule has 0 fully saturated rings. The Morgan fingerprint density at radius 1 is 0.929 bits per heavy atom. The minimum atomic E-state index is -4.21. The number of esters is 1.